The molecule has 0 bridgehead atoms. The lowest BCUT2D eigenvalue weighted by molar-refractivity contribution is -0.111. The molecule has 2 amide bonds. The van der Waals surface area contributed by atoms with E-state index in [-0.39, 0.29) is 37.7 Å². The predicted molar refractivity (Wildman–Crippen MR) is 198 cm³/mol. The van der Waals surface area contributed by atoms with Crippen molar-refractivity contribution in [3.8, 4) is 0 Å². The second kappa shape index (κ2) is 22.2. The summed E-state index contributed by atoms with van der Waals surface area (Å²) < 4.78 is 24.5. The zero-order chi connectivity index (χ0) is 38.1. The molecule has 0 aromatic rings. The topological polar surface area (TPSA) is 137 Å². The van der Waals surface area contributed by atoms with Gasteiger partial charge in [-0.2, -0.15) is 0 Å². The maximum absolute atomic E-state index is 13.5. The van der Waals surface area contributed by atoms with E-state index in [0.717, 1.165) is 31.4 Å². The highest BCUT2D eigenvalue weighted by Crippen LogP contribution is 2.28. The number of hydrogen-bond donors (Lipinski definition) is 2. The van der Waals surface area contributed by atoms with Crippen LogP contribution in [0.1, 0.15) is 98.3 Å². The fraction of sp³-hybridized carbons (Fsp3) is 0.750. The zero-order valence-electron chi connectivity index (χ0n) is 31.9. The van der Waals surface area contributed by atoms with Crippen LogP contribution >= 0.6 is 0 Å². The lowest BCUT2D eigenvalue weighted by atomic mass is 9.86. The molecule has 3 rings (SSSR count). The first kappa shape index (κ1) is 43.3. The Morgan fingerprint density at radius 3 is 2.27 bits per heavy atom. The summed E-state index contributed by atoms with van der Waals surface area (Å²) in [6, 6.07) is 0.145. The summed E-state index contributed by atoms with van der Waals surface area (Å²) in [5, 5.41) is 21.7. The van der Waals surface area contributed by atoms with Gasteiger partial charge in [-0.15, -0.1) is 0 Å². The molecule has 0 spiro atoms. The van der Waals surface area contributed by atoms with Crippen LogP contribution in [0.2, 0.25) is 0 Å². The maximum Gasteiger partial charge on any atom is 0.410 e. The van der Waals surface area contributed by atoms with Gasteiger partial charge < -0.3 is 39.1 Å². The van der Waals surface area contributed by atoms with Gasteiger partial charge in [0, 0.05) is 57.0 Å². The summed E-state index contributed by atoms with van der Waals surface area (Å²) in [7, 11) is 0. The van der Waals surface area contributed by atoms with Gasteiger partial charge in [-0.25, -0.2) is 14.0 Å². The van der Waals surface area contributed by atoms with Gasteiger partial charge in [-0.05, 0) is 64.4 Å². The first-order valence-corrected chi connectivity index (χ1v) is 19.4. The second-order valence-electron chi connectivity index (χ2n) is 15.3. The molecule has 0 aromatic heterocycles. The molecule has 2 N–H and O–H groups in total. The van der Waals surface area contributed by atoms with Crippen LogP contribution in [0, 0.1) is 17.8 Å². The van der Waals surface area contributed by atoms with Gasteiger partial charge in [0.05, 0.1) is 18.8 Å². The van der Waals surface area contributed by atoms with E-state index in [4.69, 9.17) is 9.47 Å². The number of amides is 2. The molecule has 2 saturated heterocycles. The van der Waals surface area contributed by atoms with Crippen LogP contribution < -0.4 is 0 Å². The number of rotatable bonds is 18. The van der Waals surface area contributed by atoms with Crippen molar-refractivity contribution in [3.63, 3.8) is 0 Å². The summed E-state index contributed by atoms with van der Waals surface area (Å²) in [6.07, 6.45) is 16.4. The molecular formula is C40H64FN3O8. The quantitative estimate of drug-likeness (QED) is 0.0749. The number of halogens is 1. The van der Waals surface area contributed by atoms with Crippen LogP contribution in [0.5, 0.6) is 0 Å². The van der Waals surface area contributed by atoms with Crippen LogP contribution in [0.4, 0.5) is 14.0 Å². The number of allylic oxidation sites excluding steroid dienone is 4. The third kappa shape index (κ3) is 13.7. The highest BCUT2D eigenvalue weighted by molar-refractivity contribution is 5.69. The highest BCUT2D eigenvalue weighted by atomic mass is 19.1. The lowest BCUT2D eigenvalue weighted by Crippen LogP contribution is -2.53. The molecule has 294 valence electrons. The van der Waals surface area contributed by atoms with Crippen LogP contribution in [0.25, 0.3) is 0 Å². The zero-order valence-corrected chi connectivity index (χ0v) is 31.9. The van der Waals surface area contributed by atoms with Gasteiger partial charge in [-0.3, -0.25) is 4.90 Å². The van der Waals surface area contributed by atoms with E-state index in [0.29, 0.717) is 38.4 Å². The van der Waals surface area contributed by atoms with Gasteiger partial charge in [-0.1, -0.05) is 69.4 Å². The Hall–Kier alpha value is -3.09. The van der Waals surface area contributed by atoms with Crippen LogP contribution in [0.3, 0.4) is 0 Å². The third-order valence-electron chi connectivity index (χ3n) is 11.0. The van der Waals surface area contributed by atoms with Crippen molar-refractivity contribution in [2.75, 3.05) is 46.0 Å². The van der Waals surface area contributed by atoms with Gasteiger partial charge in [0.15, 0.2) is 6.10 Å². The number of piperazine rings is 1. The van der Waals surface area contributed by atoms with Gasteiger partial charge in [0.25, 0.3) is 0 Å². The van der Waals surface area contributed by atoms with E-state index >= 15 is 0 Å². The van der Waals surface area contributed by atoms with E-state index in [1.54, 1.807) is 24.0 Å². The number of alkyl halides is 1. The minimum Gasteiger partial charge on any atom is -0.449 e. The standard InChI is InChI=1S/C40H64FN3O8/c1-30(29-51-39(49)44-21-10-15-34(44)27-41)11-9-12-31(2)36(28-46)32(3)16-17-37(40(4,50)20-18-35(47)19-26-45)52-38(48)43-24-22-42(23-25-43)33-13-7-5-6-8-14-33/h9,11-12,16-17,26,28,30,32-37,47,50H,5-8,10,13-15,18-25,27,29H2,1-4H3/b11-9+,17-16+,31-12+/t30-,32+,34-,35+,36-,37+,40+/m1/s1. The van der Waals surface area contributed by atoms with Crippen molar-refractivity contribution < 1.29 is 43.3 Å². The minimum atomic E-state index is -1.55. The van der Waals surface area contributed by atoms with Crippen molar-refractivity contribution in [1.29, 1.82) is 0 Å². The summed E-state index contributed by atoms with van der Waals surface area (Å²) in [6.45, 7) is 9.86. The monoisotopic (exact) mass is 733 g/mol. The average molecular weight is 734 g/mol. The van der Waals surface area contributed by atoms with E-state index in [1.807, 2.05) is 39.0 Å². The molecule has 0 unspecified atom stereocenters. The van der Waals surface area contributed by atoms with Crippen molar-refractivity contribution in [2.45, 2.75) is 128 Å². The Bertz CT molecular complexity index is 1210. The van der Waals surface area contributed by atoms with E-state index in [2.05, 4.69) is 4.90 Å². The molecule has 0 radical (unpaired) electrons. The first-order chi connectivity index (χ1) is 24.9. The number of aliphatic hydroxyl groups is 2. The number of aldehydes is 2. The Balaban J connectivity index is 1.62. The van der Waals surface area contributed by atoms with Crippen LogP contribution in [-0.2, 0) is 19.1 Å². The molecule has 52 heavy (non-hydrogen) atoms. The highest BCUT2D eigenvalue weighted by Gasteiger charge is 2.36. The number of nitrogens with zero attached hydrogens (tertiary/aromatic N) is 3. The molecule has 0 aromatic carbocycles. The Kier molecular flexibility index (Phi) is 18.5. The van der Waals surface area contributed by atoms with Crippen molar-refractivity contribution >= 4 is 24.8 Å². The Morgan fingerprint density at radius 2 is 1.63 bits per heavy atom. The molecule has 3 aliphatic rings. The molecule has 1 aliphatic carbocycles. The number of carbonyl (C=O) groups is 4. The summed E-state index contributed by atoms with van der Waals surface area (Å²) >= 11 is 0. The fourth-order valence-electron chi connectivity index (χ4n) is 7.41. The van der Waals surface area contributed by atoms with Crippen molar-refractivity contribution in [2.24, 2.45) is 17.8 Å². The average Bonchev–Trinajstić information content (AvgIpc) is 3.45. The molecule has 3 fully saturated rings. The summed E-state index contributed by atoms with van der Waals surface area (Å²) in [5.74, 6) is -0.922. The second-order valence-corrected chi connectivity index (χ2v) is 15.3. The van der Waals surface area contributed by atoms with Gasteiger partial charge >= 0.3 is 12.2 Å². The molecule has 2 heterocycles. The van der Waals surface area contributed by atoms with Gasteiger partial charge in [0.2, 0.25) is 0 Å². The molecule has 7 atom stereocenters. The fourth-order valence-corrected chi connectivity index (χ4v) is 7.41. The summed E-state index contributed by atoms with van der Waals surface area (Å²) in [4.78, 5) is 54.6. The van der Waals surface area contributed by atoms with Crippen molar-refractivity contribution in [3.05, 3.63) is 36.0 Å². The van der Waals surface area contributed by atoms with Gasteiger partial charge in [0.1, 0.15) is 24.8 Å². The number of aliphatic hydroxyl groups excluding tert-OH is 1. The molecule has 2 aliphatic heterocycles. The number of likely N-dealkylation sites (tertiary alicyclic amines) is 1. The first-order valence-electron chi connectivity index (χ1n) is 19.4. The van der Waals surface area contributed by atoms with Crippen LogP contribution in [0.15, 0.2) is 36.0 Å². The Morgan fingerprint density at radius 1 is 0.942 bits per heavy atom. The number of carbonyl (C=O) groups excluding carboxylic acids is 4. The molecular weight excluding hydrogens is 669 g/mol. The number of ether oxygens (including phenoxy) is 2. The molecule has 1 saturated carbocycles. The normalized spacial score (nSPS) is 23.8. The largest absolute Gasteiger partial charge is 0.449 e. The number of hydrogen-bond acceptors (Lipinski definition) is 9. The Labute approximate surface area is 310 Å². The van der Waals surface area contributed by atoms with E-state index < -0.39 is 48.6 Å². The molecule has 11 nitrogen and oxygen atoms in total. The lowest BCUT2D eigenvalue weighted by Gasteiger charge is -2.40. The maximum atomic E-state index is 13.5. The third-order valence-corrected chi connectivity index (χ3v) is 11.0. The van der Waals surface area contributed by atoms with E-state index in [1.165, 1.54) is 43.4 Å². The summed E-state index contributed by atoms with van der Waals surface area (Å²) in [5.41, 5.74) is -0.761. The minimum absolute atomic E-state index is 0.0524. The van der Waals surface area contributed by atoms with Crippen molar-refractivity contribution in [1.82, 2.24) is 14.7 Å². The SMILES string of the molecule is C/C(=C\C=C\[C@@H](C)COC(=O)N1CCC[C@@H]1CF)[C@@H](C=O)[C@@H](C)/C=C/[C@H](OC(=O)N1CCN(C2CCCCCC2)CC1)[C@@](C)(O)CC[C@H](O)CC=O. The van der Waals surface area contributed by atoms with E-state index in [9.17, 15) is 33.8 Å². The smallest absolute Gasteiger partial charge is 0.410 e. The predicted octanol–water partition coefficient (Wildman–Crippen LogP) is 6.03. The van der Waals surface area contributed by atoms with Crippen LogP contribution in [-0.4, -0.2) is 126 Å². The molecule has 12 heteroatoms.